The van der Waals surface area contributed by atoms with Crippen LogP contribution in [0, 0.1) is 68.0 Å². The fraction of sp³-hybridized carbons (Fsp3) is 0.500. The first-order valence-corrected chi connectivity index (χ1v) is 5.75. The Morgan fingerprint density at radius 1 is 0.476 bits per heavy atom. The van der Waals surface area contributed by atoms with Gasteiger partial charge < -0.3 is 0 Å². The number of nitrogens with zero attached hydrogens (tertiary/aromatic N) is 9. The highest BCUT2D eigenvalue weighted by Gasteiger charge is 2.35. The third-order valence-electron chi connectivity index (χ3n) is 2.92. The van der Waals surface area contributed by atoms with Gasteiger partial charge in [-0.25, -0.2) is 14.7 Å². The maximum atomic E-state index is 8.95. The predicted molar refractivity (Wildman–Crippen MR) is 65.2 cm³/mol. The lowest BCUT2D eigenvalue weighted by molar-refractivity contribution is -0.0389. The SMILES string of the molecule is N#CC(C#N)N1CN(C(C#N)C#N)CN(C(C#N)C#N)C1. The van der Waals surface area contributed by atoms with Crippen LogP contribution in [0.1, 0.15) is 0 Å². The topological polar surface area (TPSA) is 152 Å². The van der Waals surface area contributed by atoms with Crippen LogP contribution in [-0.2, 0) is 0 Å². The van der Waals surface area contributed by atoms with E-state index in [1.165, 1.54) is 14.7 Å². The van der Waals surface area contributed by atoms with Crippen LogP contribution >= 0.6 is 0 Å². The van der Waals surface area contributed by atoms with E-state index in [1.807, 2.05) is 0 Å². The summed E-state index contributed by atoms with van der Waals surface area (Å²) in [5.41, 5.74) is 0. The number of hydrogen-bond acceptors (Lipinski definition) is 9. The molecule has 0 aliphatic carbocycles. The average molecular weight is 279 g/mol. The van der Waals surface area contributed by atoms with E-state index in [9.17, 15) is 0 Å². The molecular formula is C12H9N9. The molecule has 1 fully saturated rings. The van der Waals surface area contributed by atoms with Crippen LogP contribution in [0.15, 0.2) is 0 Å². The van der Waals surface area contributed by atoms with Gasteiger partial charge >= 0.3 is 0 Å². The van der Waals surface area contributed by atoms with Gasteiger partial charge in [0.25, 0.3) is 0 Å². The molecule has 0 N–H and O–H groups in total. The van der Waals surface area contributed by atoms with Crippen molar-refractivity contribution >= 4 is 0 Å². The largest absolute Gasteiger partial charge is 0.250 e. The standard InChI is InChI=1S/C12H9N9/c13-1-10(2-14)19-7-20(11(3-15)4-16)9-21(8-19)12(5-17)6-18/h10-12H,7-9H2. The van der Waals surface area contributed by atoms with E-state index in [1.54, 1.807) is 36.4 Å². The van der Waals surface area contributed by atoms with Gasteiger partial charge in [-0.05, 0) is 0 Å². The van der Waals surface area contributed by atoms with E-state index in [0.717, 1.165) is 0 Å². The minimum absolute atomic E-state index is 0.0532. The lowest BCUT2D eigenvalue weighted by atomic mass is 10.2. The average Bonchev–Trinajstić information content (AvgIpc) is 2.51. The molecule has 9 heteroatoms. The van der Waals surface area contributed by atoms with Gasteiger partial charge in [-0.15, -0.1) is 0 Å². The number of hydrogen-bond donors (Lipinski definition) is 0. The van der Waals surface area contributed by atoms with E-state index in [-0.39, 0.29) is 20.0 Å². The highest BCUT2D eigenvalue weighted by molar-refractivity contribution is 5.13. The van der Waals surface area contributed by atoms with Crippen molar-refractivity contribution < 1.29 is 0 Å². The summed E-state index contributed by atoms with van der Waals surface area (Å²) in [6.45, 7) is 0.160. The summed E-state index contributed by atoms with van der Waals surface area (Å²) >= 11 is 0. The molecule has 1 heterocycles. The Morgan fingerprint density at radius 3 is 0.810 bits per heavy atom. The van der Waals surface area contributed by atoms with Gasteiger partial charge in [0.2, 0.25) is 0 Å². The van der Waals surface area contributed by atoms with Crippen molar-refractivity contribution in [2.24, 2.45) is 0 Å². The molecule has 102 valence electrons. The first-order chi connectivity index (χ1) is 10.1. The van der Waals surface area contributed by atoms with Gasteiger partial charge in [-0.1, -0.05) is 0 Å². The second-order valence-corrected chi connectivity index (χ2v) is 4.17. The molecule has 21 heavy (non-hydrogen) atoms. The maximum Gasteiger partial charge on any atom is 0.188 e. The van der Waals surface area contributed by atoms with Crippen LogP contribution in [-0.4, -0.2) is 52.8 Å². The van der Waals surface area contributed by atoms with Crippen LogP contribution < -0.4 is 0 Å². The monoisotopic (exact) mass is 279 g/mol. The number of rotatable bonds is 3. The molecule has 1 aliphatic rings. The third kappa shape index (κ3) is 3.43. The summed E-state index contributed by atoms with van der Waals surface area (Å²) in [5, 5.41) is 53.7. The summed E-state index contributed by atoms with van der Waals surface area (Å²) in [4.78, 5) is 4.19. The van der Waals surface area contributed by atoms with Crippen molar-refractivity contribution in [3.05, 3.63) is 0 Å². The molecule has 0 aromatic heterocycles. The predicted octanol–water partition coefficient (Wildman–Crippen LogP) is -0.974. The second kappa shape index (κ2) is 7.42. The molecule has 0 spiro atoms. The quantitative estimate of drug-likeness (QED) is 0.634. The van der Waals surface area contributed by atoms with Crippen molar-refractivity contribution in [2.75, 3.05) is 20.0 Å². The summed E-state index contributed by atoms with van der Waals surface area (Å²) in [6, 6.07) is 7.48. The van der Waals surface area contributed by atoms with Gasteiger partial charge in [0, 0.05) is 0 Å². The van der Waals surface area contributed by atoms with Crippen molar-refractivity contribution in [3.8, 4) is 36.4 Å². The second-order valence-electron chi connectivity index (χ2n) is 4.17. The lowest BCUT2D eigenvalue weighted by Gasteiger charge is -2.42. The first kappa shape index (κ1) is 15.9. The van der Waals surface area contributed by atoms with E-state index in [4.69, 9.17) is 31.6 Å². The molecule has 0 bridgehead atoms. The molecule has 0 atom stereocenters. The Balaban J connectivity index is 3.06. The minimum atomic E-state index is -1.09. The van der Waals surface area contributed by atoms with Gasteiger partial charge in [0.1, 0.15) is 0 Å². The van der Waals surface area contributed by atoms with Crippen molar-refractivity contribution in [2.45, 2.75) is 18.1 Å². The van der Waals surface area contributed by atoms with Crippen LogP contribution in [0.5, 0.6) is 0 Å². The Bertz CT molecular complexity index is 490. The zero-order valence-electron chi connectivity index (χ0n) is 10.9. The molecule has 0 aromatic rings. The molecule has 1 saturated heterocycles. The van der Waals surface area contributed by atoms with Gasteiger partial charge in [0.15, 0.2) is 18.1 Å². The molecule has 0 aromatic carbocycles. The lowest BCUT2D eigenvalue weighted by Crippen LogP contribution is -2.61. The van der Waals surface area contributed by atoms with Crippen molar-refractivity contribution in [3.63, 3.8) is 0 Å². The van der Waals surface area contributed by atoms with Gasteiger partial charge in [0.05, 0.1) is 56.4 Å². The Hall–Kier alpha value is -3.18. The van der Waals surface area contributed by atoms with Crippen LogP contribution in [0.4, 0.5) is 0 Å². The molecule has 1 aliphatic heterocycles. The summed E-state index contributed by atoms with van der Waals surface area (Å²) in [5.74, 6) is 0. The zero-order chi connectivity index (χ0) is 15.8. The molecule has 0 saturated carbocycles. The Labute approximate surface area is 121 Å². The minimum Gasteiger partial charge on any atom is -0.250 e. The first-order valence-electron chi connectivity index (χ1n) is 5.75. The van der Waals surface area contributed by atoms with Crippen LogP contribution in [0.2, 0.25) is 0 Å². The molecule has 0 radical (unpaired) electrons. The van der Waals surface area contributed by atoms with E-state index in [0.29, 0.717) is 0 Å². The highest BCUT2D eigenvalue weighted by atomic mass is 15.5. The number of nitriles is 6. The summed E-state index contributed by atoms with van der Waals surface area (Å²) in [7, 11) is 0. The molecular weight excluding hydrogens is 270 g/mol. The van der Waals surface area contributed by atoms with Gasteiger partial charge in [-0.3, -0.25) is 0 Å². The van der Waals surface area contributed by atoms with Crippen LogP contribution in [0.25, 0.3) is 0 Å². The molecule has 1 rings (SSSR count). The fourth-order valence-electron chi connectivity index (χ4n) is 1.90. The molecule has 0 amide bonds. The fourth-order valence-corrected chi connectivity index (χ4v) is 1.90. The molecule has 0 unspecified atom stereocenters. The highest BCUT2D eigenvalue weighted by Crippen LogP contribution is 2.15. The van der Waals surface area contributed by atoms with Crippen molar-refractivity contribution in [1.82, 2.24) is 14.7 Å². The summed E-state index contributed by atoms with van der Waals surface area (Å²) in [6.07, 6.45) is 0. The normalized spacial score (nSPS) is 16.4. The molecule has 9 nitrogen and oxygen atoms in total. The van der Waals surface area contributed by atoms with E-state index < -0.39 is 18.1 Å². The third-order valence-corrected chi connectivity index (χ3v) is 2.92. The van der Waals surface area contributed by atoms with Crippen molar-refractivity contribution in [1.29, 1.82) is 31.6 Å². The zero-order valence-corrected chi connectivity index (χ0v) is 10.9. The van der Waals surface area contributed by atoms with E-state index in [2.05, 4.69) is 0 Å². The Kier molecular flexibility index (Phi) is 5.61. The van der Waals surface area contributed by atoms with E-state index >= 15 is 0 Å². The van der Waals surface area contributed by atoms with Gasteiger partial charge in [-0.2, -0.15) is 31.6 Å². The summed E-state index contributed by atoms with van der Waals surface area (Å²) < 4.78 is 0. The maximum absolute atomic E-state index is 8.95. The Morgan fingerprint density at radius 2 is 0.667 bits per heavy atom. The van der Waals surface area contributed by atoms with Crippen LogP contribution in [0.3, 0.4) is 0 Å². The smallest absolute Gasteiger partial charge is 0.188 e.